The molecule has 0 saturated carbocycles. The fourth-order valence-corrected chi connectivity index (χ4v) is 3.26. The summed E-state index contributed by atoms with van der Waals surface area (Å²) in [5.41, 5.74) is 0.277. The standard InChI is InChI=1S/C20H15ClF3N3O3/c1-11-14(10-25-27(11)13-4-2-3-12(7-13)20(22,23)24)19(28)26-16-9-18-17(8-15(16)21)29-5-6-30-18/h2-4,7-10H,5-6H2,1H3,(H,26,28). The smallest absolute Gasteiger partial charge is 0.416 e. The molecular weight excluding hydrogens is 423 g/mol. The Balaban J connectivity index is 1.61. The van der Waals surface area contributed by atoms with Gasteiger partial charge >= 0.3 is 6.18 Å². The molecule has 4 rings (SSSR count). The van der Waals surface area contributed by atoms with E-state index < -0.39 is 17.6 Å². The first-order valence-electron chi connectivity index (χ1n) is 8.87. The number of carbonyl (C=O) groups excluding carboxylic acids is 1. The third-order valence-electron chi connectivity index (χ3n) is 4.55. The van der Waals surface area contributed by atoms with Crippen molar-refractivity contribution in [1.82, 2.24) is 9.78 Å². The van der Waals surface area contributed by atoms with E-state index in [0.717, 1.165) is 12.1 Å². The third kappa shape index (κ3) is 3.80. The molecule has 156 valence electrons. The van der Waals surface area contributed by atoms with E-state index in [2.05, 4.69) is 10.4 Å². The Morgan fingerprint density at radius 2 is 1.87 bits per heavy atom. The van der Waals surface area contributed by atoms with Crippen molar-refractivity contribution < 1.29 is 27.4 Å². The Bertz CT molecular complexity index is 1130. The summed E-state index contributed by atoms with van der Waals surface area (Å²) in [5.74, 6) is 0.430. The molecule has 0 spiro atoms. The number of ether oxygens (including phenoxy) is 2. The topological polar surface area (TPSA) is 65.4 Å². The minimum Gasteiger partial charge on any atom is -0.486 e. The Morgan fingerprint density at radius 1 is 1.17 bits per heavy atom. The van der Waals surface area contributed by atoms with Crippen LogP contribution in [-0.4, -0.2) is 28.9 Å². The second-order valence-corrected chi connectivity index (χ2v) is 6.94. The van der Waals surface area contributed by atoms with Crippen LogP contribution in [0.25, 0.3) is 5.69 Å². The number of amides is 1. The van der Waals surface area contributed by atoms with Gasteiger partial charge in [-0.3, -0.25) is 4.79 Å². The number of aromatic nitrogens is 2. The van der Waals surface area contributed by atoms with Crippen molar-refractivity contribution >= 4 is 23.2 Å². The molecule has 0 bridgehead atoms. The normalized spacial score (nSPS) is 13.2. The number of alkyl halides is 3. The Labute approximate surface area is 174 Å². The third-order valence-corrected chi connectivity index (χ3v) is 4.87. The molecule has 1 amide bonds. The molecule has 1 aliphatic heterocycles. The maximum atomic E-state index is 13.0. The van der Waals surface area contributed by atoms with Crippen molar-refractivity contribution in [1.29, 1.82) is 0 Å². The van der Waals surface area contributed by atoms with E-state index in [0.29, 0.717) is 36.1 Å². The summed E-state index contributed by atoms with van der Waals surface area (Å²) in [5, 5.41) is 7.01. The van der Waals surface area contributed by atoms with Crippen LogP contribution in [0.5, 0.6) is 11.5 Å². The van der Waals surface area contributed by atoms with Crippen LogP contribution in [0.2, 0.25) is 5.02 Å². The maximum absolute atomic E-state index is 13.0. The summed E-state index contributed by atoms with van der Waals surface area (Å²) in [6.07, 6.45) is -3.19. The average molecular weight is 438 g/mol. The van der Waals surface area contributed by atoms with Crippen LogP contribution in [0, 0.1) is 6.92 Å². The fourth-order valence-electron chi connectivity index (χ4n) is 3.06. The SMILES string of the molecule is Cc1c(C(=O)Nc2cc3c(cc2Cl)OCCO3)cnn1-c1cccc(C(F)(F)F)c1. The lowest BCUT2D eigenvalue weighted by Crippen LogP contribution is -2.17. The van der Waals surface area contributed by atoms with E-state index in [1.807, 2.05) is 0 Å². The lowest BCUT2D eigenvalue weighted by Gasteiger charge is -2.20. The maximum Gasteiger partial charge on any atom is 0.416 e. The number of hydrogen-bond donors (Lipinski definition) is 1. The molecule has 0 radical (unpaired) electrons. The Hall–Kier alpha value is -3.20. The molecule has 0 atom stereocenters. The molecule has 1 N–H and O–H groups in total. The molecule has 2 aromatic carbocycles. The number of halogens is 4. The van der Waals surface area contributed by atoms with Gasteiger partial charge in [-0.25, -0.2) is 4.68 Å². The predicted molar refractivity (Wildman–Crippen MR) is 104 cm³/mol. The van der Waals surface area contributed by atoms with Gasteiger partial charge in [0.15, 0.2) is 11.5 Å². The molecule has 3 aromatic rings. The van der Waals surface area contributed by atoms with Gasteiger partial charge in [0.2, 0.25) is 0 Å². The number of nitrogens with one attached hydrogen (secondary N) is 1. The van der Waals surface area contributed by atoms with Crippen LogP contribution >= 0.6 is 11.6 Å². The van der Waals surface area contributed by atoms with E-state index >= 15 is 0 Å². The van der Waals surface area contributed by atoms with Gasteiger partial charge < -0.3 is 14.8 Å². The van der Waals surface area contributed by atoms with Gasteiger partial charge in [0.05, 0.1) is 39.4 Å². The summed E-state index contributed by atoms with van der Waals surface area (Å²) in [6, 6.07) is 7.81. The number of benzene rings is 2. The second-order valence-electron chi connectivity index (χ2n) is 6.53. The van der Waals surface area contributed by atoms with E-state index in [1.165, 1.54) is 23.0 Å². The van der Waals surface area contributed by atoms with Crippen molar-refractivity contribution in [2.45, 2.75) is 13.1 Å². The first-order valence-corrected chi connectivity index (χ1v) is 9.24. The van der Waals surface area contributed by atoms with Crippen molar-refractivity contribution in [3.8, 4) is 17.2 Å². The van der Waals surface area contributed by atoms with Crippen LogP contribution < -0.4 is 14.8 Å². The van der Waals surface area contributed by atoms with Crippen molar-refractivity contribution in [2.24, 2.45) is 0 Å². The molecule has 1 aliphatic rings. The highest BCUT2D eigenvalue weighted by Crippen LogP contribution is 2.38. The first kappa shape index (κ1) is 20.1. The molecule has 0 unspecified atom stereocenters. The van der Waals surface area contributed by atoms with Gasteiger partial charge in [-0.2, -0.15) is 18.3 Å². The monoisotopic (exact) mass is 437 g/mol. The number of fused-ring (bicyclic) bond motifs is 1. The zero-order valence-corrected chi connectivity index (χ0v) is 16.3. The molecule has 0 aliphatic carbocycles. The molecule has 30 heavy (non-hydrogen) atoms. The zero-order valence-electron chi connectivity index (χ0n) is 15.6. The van der Waals surface area contributed by atoms with Crippen LogP contribution in [-0.2, 0) is 6.18 Å². The van der Waals surface area contributed by atoms with E-state index in [1.54, 1.807) is 19.1 Å². The zero-order chi connectivity index (χ0) is 21.5. The second kappa shape index (κ2) is 7.56. The highest BCUT2D eigenvalue weighted by atomic mass is 35.5. The van der Waals surface area contributed by atoms with Gasteiger partial charge in [0.1, 0.15) is 13.2 Å². The van der Waals surface area contributed by atoms with Crippen molar-refractivity contribution in [2.75, 3.05) is 18.5 Å². The summed E-state index contributed by atoms with van der Waals surface area (Å²) in [7, 11) is 0. The molecule has 0 saturated heterocycles. The summed E-state index contributed by atoms with van der Waals surface area (Å²) in [6.45, 7) is 2.38. The van der Waals surface area contributed by atoms with Gasteiger partial charge in [-0.1, -0.05) is 17.7 Å². The van der Waals surface area contributed by atoms with Crippen molar-refractivity contribution in [3.05, 3.63) is 64.4 Å². The highest BCUT2D eigenvalue weighted by Gasteiger charge is 2.31. The average Bonchev–Trinajstić information content (AvgIpc) is 3.09. The highest BCUT2D eigenvalue weighted by molar-refractivity contribution is 6.34. The Kier molecular flexibility index (Phi) is 5.07. The summed E-state index contributed by atoms with van der Waals surface area (Å²) >= 11 is 6.22. The molecule has 1 aromatic heterocycles. The largest absolute Gasteiger partial charge is 0.486 e. The lowest BCUT2D eigenvalue weighted by atomic mass is 10.2. The molecular formula is C20H15ClF3N3O3. The molecule has 0 fully saturated rings. The van der Waals surface area contributed by atoms with E-state index in [4.69, 9.17) is 21.1 Å². The number of rotatable bonds is 3. The molecule has 2 heterocycles. The quantitative estimate of drug-likeness (QED) is 0.634. The minimum absolute atomic E-state index is 0.193. The first-order chi connectivity index (χ1) is 14.2. The Morgan fingerprint density at radius 3 is 2.57 bits per heavy atom. The minimum atomic E-state index is -4.48. The number of hydrogen-bond acceptors (Lipinski definition) is 4. The van der Waals surface area contributed by atoms with E-state index in [-0.39, 0.29) is 16.3 Å². The fraction of sp³-hybridized carbons (Fsp3) is 0.200. The van der Waals surface area contributed by atoms with Gasteiger partial charge in [-0.15, -0.1) is 0 Å². The molecule has 6 nitrogen and oxygen atoms in total. The van der Waals surface area contributed by atoms with Crippen molar-refractivity contribution in [3.63, 3.8) is 0 Å². The van der Waals surface area contributed by atoms with Crippen LogP contribution in [0.15, 0.2) is 42.6 Å². The van der Waals surface area contributed by atoms with Crippen LogP contribution in [0.1, 0.15) is 21.6 Å². The number of carbonyl (C=O) groups is 1. The lowest BCUT2D eigenvalue weighted by molar-refractivity contribution is -0.137. The molecule has 10 heteroatoms. The van der Waals surface area contributed by atoms with Gasteiger partial charge in [0, 0.05) is 12.1 Å². The number of anilines is 1. The van der Waals surface area contributed by atoms with Crippen LogP contribution in [0.4, 0.5) is 18.9 Å². The van der Waals surface area contributed by atoms with Gasteiger partial charge in [-0.05, 0) is 25.1 Å². The number of nitrogens with zero attached hydrogens (tertiary/aromatic N) is 2. The summed E-state index contributed by atoms with van der Waals surface area (Å²) < 4.78 is 51.2. The predicted octanol–water partition coefficient (Wildman–Crippen LogP) is 4.88. The van der Waals surface area contributed by atoms with Gasteiger partial charge in [0.25, 0.3) is 5.91 Å². The van der Waals surface area contributed by atoms with E-state index in [9.17, 15) is 18.0 Å². The summed E-state index contributed by atoms with van der Waals surface area (Å²) in [4.78, 5) is 12.8. The van der Waals surface area contributed by atoms with Crippen LogP contribution in [0.3, 0.4) is 0 Å².